The van der Waals surface area contributed by atoms with E-state index in [0.717, 1.165) is 16.8 Å². The summed E-state index contributed by atoms with van der Waals surface area (Å²) >= 11 is 5.20. The average Bonchev–Trinajstić information content (AvgIpc) is 2.81. The highest BCUT2D eigenvalue weighted by Crippen LogP contribution is 2.34. The first-order valence-electron chi connectivity index (χ1n) is 6.58. The Morgan fingerprint density at radius 1 is 1.63 bits per heavy atom. The quantitative estimate of drug-likeness (QED) is 0.878. The third-order valence-corrected chi connectivity index (χ3v) is 5.36. The number of carbonyl (C=O) groups excluding carboxylic acids is 1. The zero-order valence-electron chi connectivity index (χ0n) is 11.2. The topological polar surface area (TPSA) is 58.4 Å². The van der Waals surface area contributed by atoms with Crippen molar-refractivity contribution in [3.8, 4) is 0 Å². The predicted molar refractivity (Wildman–Crippen MR) is 82.2 cm³/mol. The van der Waals surface area contributed by atoms with Crippen LogP contribution >= 0.6 is 27.3 Å². The number of nitrogens with one attached hydrogen (secondary N) is 1. The molecule has 0 aliphatic carbocycles. The van der Waals surface area contributed by atoms with E-state index in [1.807, 2.05) is 13.0 Å². The van der Waals surface area contributed by atoms with Crippen molar-refractivity contribution < 1.29 is 4.79 Å². The summed E-state index contributed by atoms with van der Waals surface area (Å²) in [5.74, 6) is 0.0928. The molecular weight excluding hydrogens is 326 g/mol. The molecule has 1 aromatic heterocycles. The molecule has 1 aromatic rings. The third-order valence-electron chi connectivity index (χ3n) is 3.67. The maximum Gasteiger partial charge on any atom is 0.237 e. The molecule has 0 bridgehead atoms. The number of thiophene rings is 1. The van der Waals surface area contributed by atoms with E-state index in [-0.39, 0.29) is 24.0 Å². The number of hydrogen-bond acceptors (Lipinski definition) is 4. The van der Waals surface area contributed by atoms with Crippen molar-refractivity contribution >= 4 is 33.2 Å². The number of amides is 1. The molecule has 2 heterocycles. The zero-order chi connectivity index (χ0) is 14.0. The van der Waals surface area contributed by atoms with Crippen LogP contribution in [0.5, 0.6) is 0 Å². The molecule has 3 N–H and O–H groups in total. The highest BCUT2D eigenvalue weighted by Gasteiger charge is 2.35. The van der Waals surface area contributed by atoms with Crippen molar-refractivity contribution in [1.82, 2.24) is 10.2 Å². The van der Waals surface area contributed by atoms with Crippen LogP contribution < -0.4 is 11.1 Å². The van der Waals surface area contributed by atoms with Gasteiger partial charge in [0.25, 0.3) is 0 Å². The van der Waals surface area contributed by atoms with Gasteiger partial charge >= 0.3 is 0 Å². The minimum atomic E-state index is -0.128. The second-order valence-electron chi connectivity index (χ2n) is 4.86. The molecule has 1 amide bonds. The Balaban J connectivity index is 2.29. The van der Waals surface area contributed by atoms with Gasteiger partial charge in [-0.1, -0.05) is 6.92 Å². The molecule has 1 aliphatic heterocycles. The van der Waals surface area contributed by atoms with E-state index in [0.29, 0.717) is 6.54 Å². The van der Waals surface area contributed by atoms with Crippen molar-refractivity contribution in [3.05, 3.63) is 20.8 Å². The van der Waals surface area contributed by atoms with Crippen molar-refractivity contribution in [2.24, 2.45) is 5.73 Å². The summed E-state index contributed by atoms with van der Waals surface area (Å²) in [6.45, 7) is 5.59. The summed E-state index contributed by atoms with van der Waals surface area (Å²) < 4.78 is 1.10. The molecule has 6 heteroatoms. The van der Waals surface area contributed by atoms with E-state index >= 15 is 0 Å². The van der Waals surface area contributed by atoms with Gasteiger partial charge in [0, 0.05) is 24.0 Å². The van der Waals surface area contributed by atoms with Gasteiger partial charge in [-0.05, 0) is 41.4 Å². The van der Waals surface area contributed by atoms with Crippen LogP contribution in [-0.4, -0.2) is 36.0 Å². The van der Waals surface area contributed by atoms with Crippen LogP contribution in [0.15, 0.2) is 15.9 Å². The Hall–Kier alpha value is -0.430. The maximum atomic E-state index is 11.9. The van der Waals surface area contributed by atoms with E-state index in [9.17, 15) is 4.79 Å². The first kappa shape index (κ1) is 15.0. The van der Waals surface area contributed by atoms with Crippen LogP contribution in [0, 0.1) is 0 Å². The molecule has 3 unspecified atom stereocenters. The second kappa shape index (κ2) is 6.35. The lowest BCUT2D eigenvalue weighted by Crippen LogP contribution is -2.57. The summed E-state index contributed by atoms with van der Waals surface area (Å²) in [5.41, 5.74) is 6.31. The van der Waals surface area contributed by atoms with Crippen LogP contribution in [-0.2, 0) is 4.79 Å². The molecule has 0 aromatic carbocycles. The van der Waals surface area contributed by atoms with Gasteiger partial charge in [-0.2, -0.15) is 0 Å². The van der Waals surface area contributed by atoms with E-state index in [2.05, 4.69) is 39.1 Å². The van der Waals surface area contributed by atoms with Crippen LogP contribution in [0.25, 0.3) is 0 Å². The highest BCUT2D eigenvalue weighted by molar-refractivity contribution is 9.11. The third kappa shape index (κ3) is 3.18. The van der Waals surface area contributed by atoms with Crippen LogP contribution in [0.1, 0.15) is 31.2 Å². The lowest BCUT2D eigenvalue weighted by Gasteiger charge is -2.40. The Morgan fingerprint density at radius 2 is 2.37 bits per heavy atom. The van der Waals surface area contributed by atoms with Crippen molar-refractivity contribution in [2.45, 2.75) is 38.4 Å². The van der Waals surface area contributed by atoms with E-state index < -0.39 is 0 Å². The minimum absolute atomic E-state index is 0.0406. The van der Waals surface area contributed by atoms with Crippen molar-refractivity contribution in [1.29, 1.82) is 0 Å². The number of carbonyl (C=O) groups is 1. The molecule has 4 nitrogen and oxygen atoms in total. The van der Waals surface area contributed by atoms with Crippen LogP contribution in [0.3, 0.4) is 0 Å². The monoisotopic (exact) mass is 345 g/mol. The summed E-state index contributed by atoms with van der Waals surface area (Å²) in [4.78, 5) is 15.3. The van der Waals surface area contributed by atoms with Gasteiger partial charge < -0.3 is 11.1 Å². The van der Waals surface area contributed by atoms with E-state index in [1.165, 1.54) is 4.88 Å². The zero-order valence-corrected chi connectivity index (χ0v) is 13.6. The second-order valence-corrected chi connectivity index (χ2v) is 7.36. The molecule has 1 aliphatic rings. The summed E-state index contributed by atoms with van der Waals surface area (Å²) in [5, 5.41) is 2.90. The van der Waals surface area contributed by atoms with Crippen LogP contribution in [0.4, 0.5) is 0 Å². The first-order valence-corrected chi connectivity index (χ1v) is 8.19. The van der Waals surface area contributed by atoms with Gasteiger partial charge in [0.2, 0.25) is 5.91 Å². The molecule has 1 saturated heterocycles. The van der Waals surface area contributed by atoms with Crippen molar-refractivity contribution in [2.75, 3.05) is 13.1 Å². The number of nitrogens with zero attached hydrogens (tertiary/aromatic N) is 1. The molecule has 19 heavy (non-hydrogen) atoms. The van der Waals surface area contributed by atoms with Crippen molar-refractivity contribution in [3.63, 3.8) is 0 Å². The number of rotatable bonds is 4. The van der Waals surface area contributed by atoms with Gasteiger partial charge in [-0.15, -0.1) is 11.3 Å². The normalized spacial score (nSPS) is 24.0. The molecule has 0 spiro atoms. The molecular formula is C13H20BrN3OS. The number of halogens is 1. The van der Waals surface area contributed by atoms with E-state index in [4.69, 9.17) is 5.73 Å². The van der Waals surface area contributed by atoms with Crippen LogP contribution in [0.2, 0.25) is 0 Å². The minimum Gasteiger partial charge on any atom is -0.353 e. The molecule has 1 fully saturated rings. The Labute approximate surface area is 126 Å². The predicted octanol–water partition coefficient (Wildman–Crippen LogP) is 2.11. The molecule has 106 valence electrons. The number of hydrogen-bond donors (Lipinski definition) is 2. The van der Waals surface area contributed by atoms with Gasteiger partial charge in [0.15, 0.2) is 0 Å². The Morgan fingerprint density at radius 3 is 2.95 bits per heavy atom. The SMILES string of the molecule is CCC(N)C(c1ccc(Br)s1)N1CCNC(=O)C1C. The average molecular weight is 346 g/mol. The first-order chi connectivity index (χ1) is 9.04. The largest absolute Gasteiger partial charge is 0.353 e. The lowest BCUT2D eigenvalue weighted by atomic mass is 10.00. The van der Waals surface area contributed by atoms with Gasteiger partial charge in [-0.25, -0.2) is 0 Å². The maximum absolute atomic E-state index is 11.9. The summed E-state index contributed by atoms with van der Waals surface area (Å²) in [7, 11) is 0. The lowest BCUT2D eigenvalue weighted by molar-refractivity contribution is -0.129. The molecule has 3 atom stereocenters. The van der Waals surface area contributed by atoms with E-state index in [1.54, 1.807) is 11.3 Å². The van der Waals surface area contributed by atoms with Gasteiger partial charge in [0.05, 0.1) is 15.9 Å². The molecule has 0 saturated carbocycles. The fraction of sp³-hybridized carbons (Fsp3) is 0.615. The molecule has 2 rings (SSSR count). The van der Waals surface area contributed by atoms with Gasteiger partial charge in [0.1, 0.15) is 0 Å². The fourth-order valence-electron chi connectivity index (χ4n) is 2.51. The number of piperazine rings is 1. The summed E-state index contributed by atoms with van der Waals surface area (Å²) in [6, 6.07) is 4.18. The Kier molecular flexibility index (Phi) is 5.00. The standard InChI is InChI=1S/C13H20BrN3OS/c1-3-9(15)12(10-4-5-11(14)19-10)17-7-6-16-13(18)8(17)2/h4-5,8-9,12H,3,6-7,15H2,1-2H3,(H,16,18). The van der Waals surface area contributed by atoms with Gasteiger partial charge in [-0.3, -0.25) is 9.69 Å². The highest BCUT2D eigenvalue weighted by atomic mass is 79.9. The smallest absolute Gasteiger partial charge is 0.237 e. The number of nitrogens with two attached hydrogens (primary N) is 1. The Bertz CT molecular complexity index is 451. The molecule has 0 radical (unpaired) electrons. The summed E-state index contributed by atoms with van der Waals surface area (Å²) in [6.07, 6.45) is 0.894. The fourth-order valence-corrected chi connectivity index (χ4v) is 4.13.